The Hall–Kier alpha value is -1.40. The third kappa shape index (κ3) is 4.65. The van der Waals surface area contributed by atoms with Crippen molar-refractivity contribution in [1.82, 2.24) is 9.88 Å². The van der Waals surface area contributed by atoms with Gasteiger partial charge in [-0.15, -0.1) is 0 Å². The molecule has 0 aromatic carbocycles. The number of rotatable bonds is 7. The summed E-state index contributed by atoms with van der Waals surface area (Å²) in [5, 5.41) is 14.1. The average molecular weight is 287 g/mol. The summed E-state index contributed by atoms with van der Waals surface area (Å²) in [6.07, 6.45) is 2.46. The Balaban J connectivity index is 2.61. The van der Waals surface area contributed by atoms with Crippen LogP contribution in [0.25, 0.3) is 0 Å². The number of aromatic nitrogens is 1. The second-order valence-corrected chi connectivity index (χ2v) is 4.88. The number of halogens is 1. The van der Waals surface area contributed by atoms with Gasteiger partial charge < -0.3 is 10.2 Å². The zero-order chi connectivity index (χ0) is 14.4. The fourth-order valence-electron chi connectivity index (χ4n) is 1.59. The van der Waals surface area contributed by atoms with Crippen LogP contribution in [0.2, 0.25) is 5.02 Å². The first-order valence-electron chi connectivity index (χ1n) is 6.19. The second-order valence-electron chi connectivity index (χ2n) is 4.44. The van der Waals surface area contributed by atoms with Crippen molar-refractivity contribution in [2.75, 3.05) is 25.5 Å². The van der Waals surface area contributed by atoms with Gasteiger partial charge in [-0.25, -0.2) is 4.98 Å². The molecule has 0 aliphatic heterocycles. The number of nitrogens with one attached hydrogen (secondary N) is 1. The molecule has 0 amide bonds. The van der Waals surface area contributed by atoms with Crippen molar-refractivity contribution in [2.24, 2.45) is 0 Å². The average Bonchev–Trinajstić information content (AvgIpc) is 2.38. The lowest BCUT2D eigenvalue weighted by atomic mass is 10.2. The highest BCUT2D eigenvalue weighted by atomic mass is 35.5. The SMILES string of the molecule is CCC(C)N(C)CCNc1ncc(Cl)cc1[N+](=O)[O-]. The Bertz CT molecular complexity index is 442. The summed E-state index contributed by atoms with van der Waals surface area (Å²) in [6.45, 7) is 5.65. The number of pyridine rings is 1. The van der Waals surface area contributed by atoms with Crippen LogP contribution in [0.4, 0.5) is 11.5 Å². The van der Waals surface area contributed by atoms with Gasteiger partial charge in [0.25, 0.3) is 0 Å². The highest BCUT2D eigenvalue weighted by Gasteiger charge is 2.16. The first kappa shape index (κ1) is 15.7. The first-order valence-corrected chi connectivity index (χ1v) is 6.57. The van der Waals surface area contributed by atoms with Gasteiger partial charge in [-0.2, -0.15) is 0 Å². The summed E-state index contributed by atoms with van der Waals surface area (Å²) in [5.41, 5.74) is -0.0984. The normalized spacial score (nSPS) is 12.5. The summed E-state index contributed by atoms with van der Waals surface area (Å²) in [5.74, 6) is 0.256. The molecule has 1 N–H and O–H groups in total. The Kier molecular flexibility index (Phi) is 5.98. The van der Waals surface area contributed by atoms with Crippen LogP contribution in [0.5, 0.6) is 0 Å². The van der Waals surface area contributed by atoms with E-state index in [4.69, 9.17) is 11.6 Å². The molecule has 0 aliphatic carbocycles. The van der Waals surface area contributed by atoms with E-state index in [2.05, 4.69) is 29.0 Å². The number of hydrogen-bond acceptors (Lipinski definition) is 5. The topological polar surface area (TPSA) is 71.3 Å². The molecule has 19 heavy (non-hydrogen) atoms. The van der Waals surface area contributed by atoms with E-state index in [0.29, 0.717) is 12.6 Å². The van der Waals surface area contributed by atoms with Crippen LogP contribution in [0, 0.1) is 10.1 Å². The molecule has 1 heterocycles. The number of nitro groups is 1. The van der Waals surface area contributed by atoms with Crippen LogP contribution in [0.1, 0.15) is 20.3 Å². The number of likely N-dealkylation sites (N-methyl/N-ethyl adjacent to an activating group) is 1. The van der Waals surface area contributed by atoms with Crippen LogP contribution in [0.15, 0.2) is 12.3 Å². The van der Waals surface area contributed by atoms with Gasteiger partial charge >= 0.3 is 5.69 Å². The predicted molar refractivity (Wildman–Crippen MR) is 76.8 cm³/mol. The fraction of sp³-hybridized carbons (Fsp3) is 0.583. The molecule has 0 fully saturated rings. The van der Waals surface area contributed by atoms with Gasteiger partial charge in [0.2, 0.25) is 5.82 Å². The second kappa shape index (κ2) is 7.25. The molecule has 106 valence electrons. The largest absolute Gasteiger partial charge is 0.363 e. The summed E-state index contributed by atoms with van der Waals surface area (Å²) >= 11 is 5.70. The minimum Gasteiger partial charge on any atom is -0.363 e. The van der Waals surface area contributed by atoms with Crippen LogP contribution in [-0.4, -0.2) is 41.0 Å². The minimum atomic E-state index is -0.487. The third-order valence-electron chi connectivity index (χ3n) is 3.13. The molecular formula is C12H19ClN4O2. The van der Waals surface area contributed by atoms with Crippen molar-refractivity contribution in [1.29, 1.82) is 0 Å². The molecule has 1 aromatic heterocycles. The van der Waals surface area contributed by atoms with Gasteiger partial charge in [0.15, 0.2) is 0 Å². The Morgan fingerprint density at radius 3 is 2.89 bits per heavy atom. The van der Waals surface area contributed by atoms with E-state index in [-0.39, 0.29) is 16.5 Å². The van der Waals surface area contributed by atoms with Crippen molar-refractivity contribution < 1.29 is 4.92 Å². The van der Waals surface area contributed by atoms with Crippen molar-refractivity contribution in [2.45, 2.75) is 26.3 Å². The van der Waals surface area contributed by atoms with Crippen molar-refractivity contribution >= 4 is 23.1 Å². The fourth-order valence-corrected chi connectivity index (χ4v) is 1.74. The maximum Gasteiger partial charge on any atom is 0.312 e. The van der Waals surface area contributed by atoms with Gasteiger partial charge in [-0.3, -0.25) is 10.1 Å². The van der Waals surface area contributed by atoms with E-state index in [0.717, 1.165) is 13.0 Å². The van der Waals surface area contributed by atoms with E-state index in [1.54, 1.807) is 0 Å². The molecule has 1 atom stereocenters. The zero-order valence-corrected chi connectivity index (χ0v) is 12.1. The van der Waals surface area contributed by atoms with Gasteiger partial charge in [0.1, 0.15) is 0 Å². The van der Waals surface area contributed by atoms with E-state index in [1.807, 2.05) is 7.05 Å². The molecular weight excluding hydrogens is 268 g/mol. The van der Waals surface area contributed by atoms with Gasteiger partial charge in [0, 0.05) is 31.4 Å². The summed E-state index contributed by atoms with van der Waals surface area (Å²) in [4.78, 5) is 16.5. The lowest BCUT2D eigenvalue weighted by Crippen LogP contribution is -2.32. The molecule has 0 radical (unpaired) electrons. The van der Waals surface area contributed by atoms with E-state index in [9.17, 15) is 10.1 Å². The molecule has 0 aliphatic rings. The molecule has 0 spiro atoms. The monoisotopic (exact) mass is 286 g/mol. The Morgan fingerprint density at radius 1 is 1.63 bits per heavy atom. The van der Waals surface area contributed by atoms with E-state index >= 15 is 0 Å². The summed E-state index contributed by atoms with van der Waals surface area (Å²) in [6, 6.07) is 1.78. The van der Waals surface area contributed by atoms with Gasteiger partial charge in [0.05, 0.1) is 9.95 Å². The van der Waals surface area contributed by atoms with Crippen LogP contribution >= 0.6 is 11.6 Å². The summed E-state index contributed by atoms with van der Waals surface area (Å²) in [7, 11) is 2.03. The number of nitrogens with zero attached hydrogens (tertiary/aromatic N) is 3. The minimum absolute atomic E-state index is 0.0984. The smallest absolute Gasteiger partial charge is 0.312 e. The van der Waals surface area contributed by atoms with Crippen LogP contribution < -0.4 is 5.32 Å². The van der Waals surface area contributed by atoms with Crippen LogP contribution in [-0.2, 0) is 0 Å². The van der Waals surface area contributed by atoms with E-state index in [1.165, 1.54) is 12.3 Å². The maximum atomic E-state index is 10.9. The standard InChI is InChI=1S/C12H19ClN4O2/c1-4-9(2)16(3)6-5-14-12-11(17(18)19)7-10(13)8-15-12/h7-9H,4-6H2,1-3H3,(H,14,15). The van der Waals surface area contributed by atoms with Gasteiger partial charge in [-0.05, 0) is 20.4 Å². The predicted octanol–water partition coefficient (Wildman–Crippen LogP) is 2.79. The van der Waals surface area contributed by atoms with Crippen molar-refractivity contribution in [3.8, 4) is 0 Å². The van der Waals surface area contributed by atoms with Gasteiger partial charge in [-0.1, -0.05) is 18.5 Å². The molecule has 1 aromatic rings. The Morgan fingerprint density at radius 2 is 2.32 bits per heavy atom. The number of anilines is 1. The molecule has 6 nitrogen and oxygen atoms in total. The molecule has 7 heteroatoms. The van der Waals surface area contributed by atoms with Crippen molar-refractivity contribution in [3.63, 3.8) is 0 Å². The molecule has 0 saturated heterocycles. The third-order valence-corrected chi connectivity index (χ3v) is 3.34. The lowest BCUT2D eigenvalue weighted by molar-refractivity contribution is -0.384. The molecule has 0 bridgehead atoms. The maximum absolute atomic E-state index is 10.9. The van der Waals surface area contributed by atoms with Crippen LogP contribution in [0.3, 0.4) is 0 Å². The zero-order valence-electron chi connectivity index (χ0n) is 11.4. The van der Waals surface area contributed by atoms with E-state index < -0.39 is 4.92 Å². The Labute approximate surface area is 117 Å². The molecule has 1 unspecified atom stereocenters. The number of hydrogen-bond donors (Lipinski definition) is 1. The highest BCUT2D eigenvalue weighted by molar-refractivity contribution is 6.30. The highest BCUT2D eigenvalue weighted by Crippen LogP contribution is 2.24. The summed E-state index contributed by atoms with van der Waals surface area (Å²) < 4.78 is 0. The molecule has 1 rings (SSSR count). The quantitative estimate of drug-likeness (QED) is 0.616. The molecule has 0 saturated carbocycles. The first-order chi connectivity index (χ1) is 8.95. The lowest BCUT2D eigenvalue weighted by Gasteiger charge is -2.23. The van der Waals surface area contributed by atoms with Crippen molar-refractivity contribution in [3.05, 3.63) is 27.4 Å².